The van der Waals surface area contributed by atoms with E-state index in [0.29, 0.717) is 5.41 Å². The van der Waals surface area contributed by atoms with Crippen LogP contribution < -0.4 is 5.32 Å². The van der Waals surface area contributed by atoms with Crippen LogP contribution in [0.4, 0.5) is 0 Å². The van der Waals surface area contributed by atoms with Crippen molar-refractivity contribution in [1.82, 2.24) is 5.32 Å². The van der Waals surface area contributed by atoms with E-state index in [1.54, 1.807) is 0 Å². The summed E-state index contributed by atoms with van der Waals surface area (Å²) in [5.74, 6) is 3.48. The minimum atomic E-state index is 0.637. The smallest absolute Gasteiger partial charge is 0.00719 e. The van der Waals surface area contributed by atoms with E-state index in [0.717, 1.165) is 17.9 Å². The first-order valence-corrected chi connectivity index (χ1v) is 9.23. The molecule has 2 unspecified atom stereocenters. The molecule has 0 heterocycles. The molecule has 2 atom stereocenters. The van der Waals surface area contributed by atoms with E-state index in [2.05, 4.69) is 35.6 Å². The van der Waals surface area contributed by atoms with Crippen molar-refractivity contribution in [3.8, 4) is 0 Å². The zero-order valence-corrected chi connectivity index (χ0v) is 13.0. The van der Waals surface area contributed by atoms with Crippen molar-refractivity contribution in [2.24, 2.45) is 17.3 Å². The van der Waals surface area contributed by atoms with E-state index in [1.165, 1.54) is 55.7 Å². The SMILES string of the molecule is c1ccc(SCCC2(CNC3CC3)CC3CC3C2)cc1. The van der Waals surface area contributed by atoms with E-state index in [9.17, 15) is 0 Å². The highest BCUT2D eigenvalue weighted by Gasteiger charge is 2.53. The van der Waals surface area contributed by atoms with Gasteiger partial charge >= 0.3 is 0 Å². The number of benzene rings is 1. The van der Waals surface area contributed by atoms with Crippen LogP contribution >= 0.6 is 11.8 Å². The lowest BCUT2D eigenvalue weighted by atomic mass is 9.80. The highest BCUT2D eigenvalue weighted by Crippen LogP contribution is 2.61. The molecule has 1 aromatic rings. The molecule has 0 amide bonds. The van der Waals surface area contributed by atoms with Gasteiger partial charge in [-0.05, 0) is 73.7 Å². The van der Waals surface area contributed by atoms with Crippen molar-refractivity contribution in [3.63, 3.8) is 0 Å². The van der Waals surface area contributed by atoms with Crippen LogP contribution in [0.5, 0.6) is 0 Å². The molecular formula is C18H25NS. The Hall–Kier alpha value is -0.470. The molecule has 1 aromatic carbocycles. The van der Waals surface area contributed by atoms with Gasteiger partial charge in [0.1, 0.15) is 0 Å². The topological polar surface area (TPSA) is 12.0 Å². The van der Waals surface area contributed by atoms with E-state index in [1.807, 2.05) is 11.8 Å². The number of nitrogens with one attached hydrogen (secondary N) is 1. The Kier molecular flexibility index (Phi) is 3.55. The van der Waals surface area contributed by atoms with Crippen LogP contribution in [0, 0.1) is 17.3 Å². The molecule has 108 valence electrons. The first-order chi connectivity index (χ1) is 9.83. The van der Waals surface area contributed by atoms with Gasteiger partial charge in [0.15, 0.2) is 0 Å². The zero-order chi connectivity index (χ0) is 13.4. The molecule has 3 aliphatic rings. The van der Waals surface area contributed by atoms with Crippen molar-refractivity contribution in [1.29, 1.82) is 0 Å². The molecule has 2 heteroatoms. The summed E-state index contributed by atoms with van der Waals surface area (Å²) in [7, 11) is 0. The number of fused-ring (bicyclic) bond motifs is 1. The van der Waals surface area contributed by atoms with Crippen molar-refractivity contribution >= 4 is 11.8 Å². The molecule has 0 spiro atoms. The van der Waals surface area contributed by atoms with E-state index in [4.69, 9.17) is 0 Å². The maximum atomic E-state index is 3.82. The normalized spacial score (nSPS) is 35.0. The minimum Gasteiger partial charge on any atom is -0.313 e. The monoisotopic (exact) mass is 287 g/mol. The summed E-state index contributed by atoms with van der Waals surface area (Å²) in [5, 5.41) is 3.82. The molecule has 0 radical (unpaired) electrons. The number of rotatable bonds is 7. The summed E-state index contributed by atoms with van der Waals surface area (Å²) in [4.78, 5) is 1.43. The highest BCUT2D eigenvalue weighted by molar-refractivity contribution is 7.99. The third-order valence-electron chi connectivity index (χ3n) is 5.45. The minimum absolute atomic E-state index is 0.637. The van der Waals surface area contributed by atoms with Crippen LogP contribution in [0.1, 0.15) is 38.5 Å². The van der Waals surface area contributed by atoms with E-state index >= 15 is 0 Å². The fraction of sp³-hybridized carbons (Fsp3) is 0.667. The molecule has 0 aromatic heterocycles. The lowest BCUT2D eigenvalue weighted by Crippen LogP contribution is -2.35. The Bertz CT molecular complexity index is 444. The van der Waals surface area contributed by atoms with Crippen LogP contribution in [0.3, 0.4) is 0 Å². The fourth-order valence-corrected chi connectivity index (χ4v) is 5.11. The molecule has 3 saturated carbocycles. The summed E-state index contributed by atoms with van der Waals surface area (Å²) in [5.41, 5.74) is 0.637. The standard InChI is InChI=1S/C18H25NS/c1-2-4-17(5-3-1)20-9-8-18(13-19-16-6-7-16)11-14-10-15(14)12-18/h1-5,14-16,19H,6-13H2. The van der Waals surface area contributed by atoms with Gasteiger partial charge in [-0.3, -0.25) is 0 Å². The predicted molar refractivity (Wildman–Crippen MR) is 86.1 cm³/mol. The Morgan fingerprint density at radius 3 is 2.55 bits per heavy atom. The van der Waals surface area contributed by atoms with Crippen LogP contribution in [-0.2, 0) is 0 Å². The van der Waals surface area contributed by atoms with Gasteiger partial charge in [0.2, 0.25) is 0 Å². The molecule has 4 rings (SSSR count). The van der Waals surface area contributed by atoms with Crippen LogP contribution in [-0.4, -0.2) is 18.3 Å². The molecule has 3 aliphatic carbocycles. The molecule has 0 bridgehead atoms. The maximum absolute atomic E-state index is 3.82. The van der Waals surface area contributed by atoms with Gasteiger partial charge in [-0.25, -0.2) is 0 Å². The molecule has 20 heavy (non-hydrogen) atoms. The van der Waals surface area contributed by atoms with E-state index < -0.39 is 0 Å². The van der Waals surface area contributed by atoms with Crippen LogP contribution in [0.15, 0.2) is 35.2 Å². The summed E-state index contributed by atoms with van der Waals surface area (Å²) >= 11 is 2.04. The highest BCUT2D eigenvalue weighted by atomic mass is 32.2. The summed E-state index contributed by atoms with van der Waals surface area (Å²) in [6.07, 6.45) is 8.79. The molecule has 1 N–H and O–H groups in total. The number of thioether (sulfide) groups is 1. The van der Waals surface area contributed by atoms with Gasteiger partial charge in [-0.2, -0.15) is 0 Å². The first kappa shape index (κ1) is 13.2. The average Bonchev–Trinajstić information content (AvgIpc) is 3.39. The van der Waals surface area contributed by atoms with Crippen molar-refractivity contribution in [2.75, 3.05) is 12.3 Å². The molecule has 3 fully saturated rings. The molecule has 0 saturated heterocycles. The zero-order valence-electron chi connectivity index (χ0n) is 12.2. The second kappa shape index (κ2) is 5.38. The Balaban J connectivity index is 1.31. The Morgan fingerprint density at radius 1 is 1.10 bits per heavy atom. The second-order valence-corrected chi connectivity index (χ2v) is 8.40. The number of hydrogen-bond acceptors (Lipinski definition) is 2. The van der Waals surface area contributed by atoms with Gasteiger partial charge in [0, 0.05) is 17.5 Å². The van der Waals surface area contributed by atoms with Gasteiger partial charge < -0.3 is 5.32 Å². The van der Waals surface area contributed by atoms with Crippen molar-refractivity contribution in [2.45, 2.75) is 49.5 Å². The third kappa shape index (κ3) is 3.07. The van der Waals surface area contributed by atoms with Crippen molar-refractivity contribution in [3.05, 3.63) is 30.3 Å². The molecule has 1 nitrogen and oxygen atoms in total. The van der Waals surface area contributed by atoms with Gasteiger partial charge in [-0.15, -0.1) is 11.8 Å². The summed E-state index contributed by atoms with van der Waals surface area (Å²) in [6, 6.07) is 11.8. The maximum Gasteiger partial charge on any atom is 0.00719 e. The second-order valence-electron chi connectivity index (χ2n) is 7.23. The van der Waals surface area contributed by atoms with E-state index in [-0.39, 0.29) is 0 Å². The van der Waals surface area contributed by atoms with Gasteiger partial charge in [0.25, 0.3) is 0 Å². The summed E-state index contributed by atoms with van der Waals surface area (Å²) in [6.45, 7) is 1.29. The van der Waals surface area contributed by atoms with Crippen LogP contribution in [0.25, 0.3) is 0 Å². The average molecular weight is 287 g/mol. The van der Waals surface area contributed by atoms with Crippen molar-refractivity contribution < 1.29 is 0 Å². The number of hydrogen-bond donors (Lipinski definition) is 1. The van der Waals surface area contributed by atoms with Crippen LogP contribution in [0.2, 0.25) is 0 Å². The predicted octanol–water partition coefficient (Wildman–Crippen LogP) is 4.34. The van der Waals surface area contributed by atoms with Gasteiger partial charge in [-0.1, -0.05) is 18.2 Å². The van der Waals surface area contributed by atoms with Gasteiger partial charge in [0.05, 0.1) is 0 Å². The Labute approximate surface area is 126 Å². The Morgan fingerprint density at radius 2 is 1.85 bits per heavy atom. The first-order valence-electron chi connectivity index (χ1n) is 8.24. The quantitative estimate of drug-likeness (QED) is 0.749. The fourth-order valence-electron chi connectivity index (χ4n) is 3.99. The molecular weight excluding hydrogens is 262 g/mol. The largest absolute Gasteiger partial charge is 0.313 e. The summed E-state index contributed by atoms with van der Waals surface area (Å²) < 4.78 is 0. The molecule has 0 aliphatic heterocycles. The third-order valence-corrected chi connectivity index (χ3v) is 6.46. The lowest BCUT2D eigenvalue weighted by Gasteiger charge is -2.31. The lowest BCUT2D eigenvalue weighted by molar-refractivity contribution is 0.242.